The summed E-state index contributed by atoms with van der Waals surface area (Å²) in [5.74, 6) is -6.58. The molecule has 7 atom stereocenters. The van der Waals surface area contributed by atoms with Crippen molar-refractivity contribution in [3.8, 4) is 0 Å². The van der Waals surface area contributed by atoms with Crippen molar-refractivity contribution in [2.75, 3.05) is 21.1 Å². The van der Waals surface area contributed by atoms with E-state index >= 15 is 14.4 Å². The maximum absolute atomic E-state index is 15.2. The molecule has 0 spiro atoms. The average Bonchev–Trinajstić information content (AvgIpc) is 3.38. The van der Waals surface area contributed by atoms with Gasteiger partial charge in [0.2, 0.25) is 17.7 Å². The minimum atomic E-state index is -3.38. The van der Waals surface area contributed by atoms with Crippen LogP contribution in [-0.2, 0) is 44.8 Å². The molecule has 1 radical (unpaired) electrons. The van der Waals surface area contributed by atoms with Gasteiger partial charge in [-0.25, -0.2) is 0 Å². The predicted octanol–water partition coefficient (Wildman–Crippen LogP) is 5.60. The first-order valence-corrected chi connectivity index (χ1v) is 22.7. The molecule has 6 N–H and O–H groups in total. The van der Waals surface area contributed by atoms with Gasteiger partial charge in [0.25, 0.3) is 0 Å². The fourth-order valence-electron chi connectivity index (χ4n) is 9.02. The summed E-state index contributed by atoms with van der Waals surface area (Å²) in [7, 11) is 4.68. The summed E-state index contributed by atoms with van der Waals surface area (Å²) in [4.78, 5) is 88.1. The Hall–Kier alpha value is -6.90. The summed E-state index contributed by atoms with van der Waals surface area (Å²) in [5.41, 5.74) is -7.99. The molecule has 0 bridgehead atoms. The second-order valence-electron chi connectivity index (χ2n) is 17.5. The normalized spacial score (nSPS) is 15.8. The Bertz CT molecular complexity index is 2760. The quantitative estimate of drug-likeness (QED) is 0.0325. The predicted molar refractivity (Wildman–Crippen MR) is 264 cm³/mol. The molecule has 12 heteroatoms. The highest BCUT2D eigenvalue weighted by Crippen LogP contribution is 2.40. The Morgan fingerprint density at radius 3 is 1.38 bits per heavy atom. The van der Waals surface area contributed by atoms with Gasteiger partial charge in [-0.15, -0.1) is 0 Å². The maximum Gasteiger partial charge on any atom is 0.242 e. The van der Waals surface area contributed by atoms with E-state index in [1.54, 1.807) is 92.0 Å². The highest BCUT2D eigenvalue weighted by atomic mass is 16.3. The summed E-state index contributed by atoms with van der Waals surface area (Å²) in [5, 5.41) is 46.8. The molecule has 6 rings (SSSR count). The fourth-order valence-corrected chi connectivity index (χ4v) is 9.02. The van der Waals surface area contributed by atoms with Crippen molar-refractivity contribution in [1.82, 2.24) is 16.0 Å². The number of carbonyl (C=O) groups is 5. The zero-order valence-electron chi connectivity index (χ0n) is 39.3. The van der Waals surface area contributed by atoms with E-state index in [-0.39, 0.29) is 29.5 Å². The largest absolute Gasteiger partial charge is 0.377 e. The van der Waals surface area contributed by atoms with E-state index < -0.39 is 86.5 Å². The van der Waals surface area contributed by atoms with Gasteiger partial charge in [0.15, 0.2) is 28.7 Å². The highest BCUT2D eigenvalue weighted by Gasteiger charge is 2.57. The molecular weight excluding hydrogens is 871 g/mol. The lowest BCUT2D eigenvalue weighted by Gasteiger charge is -2.37. The van der Waals surface area contributed by atoms with E-state index in [2.05, 4.69) is 16.0 Å². The molecule has 0 aliphatic carbocycles. The minimum Gasteiger partial charge on any atom is -0.377 e. The number of hydrogen-bond donors (Lipinski definition) is 6. The van der Waals surface area contributed by atoms with Crippen molar-refractivity contribution in [1.29, 1.82) is 0 Å². The van der Waals surface area contributed by atoms with Crippen molar-refractivity contribution in [2.45, 2.75) is 74.0 Å². The summed E-state index contributed by atoms with van der Waals surface area (Å²) >= 11 is 0. The molecule has 0 fully saturated rings. The topological polar surface area (TPSA) is 199 Å². The van der Waals surface area contributed by atoms with Crippen LogP contribution in [0.5, 0.6) is 0 Å². The van der Waals surface area contributed by atoms with Crippen LogP contribution in [0.3, 0.4) is 0 Å². The zero-order chi connectivity index (χ0) is 49.9. The molecular formula is C57H58N3O9. The number of rotatable bonds is 24. The monoisotopic (exact) mass is 928 g/mol. The molecule has 69 heavy (non-hydrogen) atoms. The molecule has 6 aromatic rings. The van der Waals surface area contributed by atoms with Gasteiger partial charge in [-0.2, -0.15) is 0 Å². The van der Waals surface area contributed by atoms with Crippen LogP contribution < -0.4 is 16.0 Å². The summed E-state index contributed by atoms with van der Waals surface area (Å²) < 4.78 is 0. The molecule has 6 aromatic carbocycles. The van der Waals surface area contributed by atoms with Crippen LogP contribution in [0.25, 0.3) is 0 Å². The fraction of sp³-hybridized carbons (Fsp3) is 0.263. The smallest absolute Gasteiger partial charge is 0.242 e. The van der Waals surface area contributed by atoms with E-state index in [1.165, 1.54) is 69.8 Å². The van der Waals surface area contributed by atoms with E-state index in [0.717, 1.165) is 23.6 Å². The SMILES string of the molecule is CN[C@@H](Cc1ccccc1)C(=O)c1ccccc1C(C)(O)C(=O)c1cccc(C(C)(O)C(=O)C(O)([C]=O)C(C(=O)[C@H](Cc2ccccc2)NC)c2ccccc2)c1C(=O)[C@H](Cc1ccccc1)NC. The Morgan fingerprint density at radius 2 is 0.899 bits per heavy atom. The first-order chi connectivity index (χ1) is 33.0. The lowest BCUT2D eigenvalue weighted by Crippen LogP contribution is -2.59. The Morgan fingerprint density at radius 1 is 0.493 bits per heavy atom. The van der Waals surface area contributed by atoms with E-state index in [9.17, 15) is 29.7 Å². The zero-order valence-corrected chi connectivity index (χ0v) is 39.3. The number of carbonyl (C=O) groups excluding carboxylic acids is 6. The van der Waals surface area contributed by atoms with Gasteiger partial charge in [0, 0.05) is 27.8 Å². The second kappa shape index (κ2) is 22.5. The molecule has 0 amide bonds. The summed E-state index contributed by atoms with van der Waals surface area (Å²) in [6, 6.07) is 41.9. The molecule has 0 saturated heterocycles. The number of ketones is 5. The molecule has 0 aliphatic rings. The van der Waals surface area contributed by atoms with Crippen LogP contribution in [0.15, 0.2) is 164 Å². The van der Waals surface area contributed by atoms with Gasteiger partial charge in [0.05, 0.1) is 24.0 Å². The Balaban J connectivity index is 1.50. The third-order valence-corrected chi connectivity index (χ3v) is 12.9. The van der Waals surface area contributed by atoms with Crippen molar-refractivity contribution in [3.63, 3.8) is 0 Å². The lowest BCUT2D eigenvalue weighted by atomic mass is 9.69. The standard InChI is InChI=1S/C57H58N3O9/c1-55(67,43-31-19-18-29-41(43)50(62)45(58-3)33-37-21-10-6-11-22-37)53(65)42-30-20-32-44(48(42)51(63)46(59-4)34-38-23-12-7-13-24-38)56(2,68)54(66)57(69,36-61)49(40-27-16-9-17-28-40)52(64)47(60-5)35-39-25-14-8-15-26-39/h6-32,45-47,49,58-60,67-69H,33-35H2,1-5H3/t45-,46-,47-,49?,55?,56?,57?/m0/s1. The van der Waals surface area contributed by atoms with Crippen molar-refractivity contribution in [2.24, 2.45) is 0 Å². The number of hydrogen-bond acceptors (Lipinski definition) is 12. The van der Waals surface area contributed by atoms with Gasteiger partial charge in [0.1, 0.15) is 5.60 Å². The second-order valence-corrected chi connectivity index (χ2v) is 17.5. The lowest BCUT2D eigenvalue weighted by molar-refractivity contribution is -0.154. The first-order valence-electron chi connectivity index (χ1n) is 22.7. The van der Waals surface area contributed by atoms with Crippen LogP contribution >= 0.6 is 0 Å². The summed E-state index contributed by atoms with van der Waals surface area (Å²) in [6.45, 7) is 2.16. The van der Waals surface area contributed by atoms with Crippen molar-refractivity contribution < 1.29 is 44.1 Å². The maximum atomic E-state index is 15.2. The number of likely N-dealkylation sites (N-methyl/N-ethyl adjacent to an activating group) is 3. The molecule has 0 heterocycles. The minimum absolute atomic E-state index is 0.0323. The number of aliphatic hydroxyl groups is 3. The average molecular weight is 929 g/mol. The molecule has 0 aliphatic heterocycles. The molecule has 12 nitrogen and oxygen atoms in total. The third-order valence-electron chi connectivity index (χ3n) is 12.9. The number of benzene rings is 6. The first kappa shape index (κ1) is 51.5. The molecule has 0 aromatic heterocycles. The molecule has 0 saturated carbocycles. The van der Waals surface area contributed by atoms with Crippen LogP contribution in [0.4, 0.5) is 0 Å². The van der Waals surface area contributed by atoms with E-state index in [4.69, 9.17) is 0 Å². The van der Waals surface area contributed by atoms with Gasteiger partial charge in [-0.05, 0) is 76.5 Å². The van der Waals surface area contributed by atoms with Crippen LogP contribution in [0.2, 0.25) is 0 Å². The van der Waals surface area contributed by atoms with Crippen LogP contribution in [0.1, 0.15) is 84.2 Å². The van der Waals surface area contributed by atoms with E-state index in [0.29, 0.717) is 6.42 Å². The van der Waals surface area contributed by atoms with Crippen LogP contribution in [-0.4, -0.2) is 95.4 Å². The van der Waals surface area contributed by atoms with Gasteiger partial charge < -0.3 is 31.3 Å². The van der Waals surface area contributed by atoms with Crippen LogP contribution in [0, 0.1) is 0 Å². The number of nitrogens with one attached hydrogen (secondary N) is 3. The van der Waals surface area contributed by atoms with Crippen molar-refractivity contribution >= 4 is 35.2 Å². The Labute approximate surface area is 402 Å². The highest BCUT2D eigenvalue weighted by molar-refractivity contribution is 6.18. The van der Waals surface area contributed by atoms with E-state index in [1.807, 2.05) is 36.4 Å². The Kier molecular flexibility index (Phi) is 16.8. The van der Waals surface area contributed by atoms with Crippen molar-refractivity contribution in [3.05, 3.63) is 214 Å². The number of Topliss-reactive ketones (excluding diaryl/α,β-unsaturated/α-hetero) is 5. The molecule has 355 valence electrons. The van der Waals surface area contributed by atoms with Gasteiger partial charge >= 0.3 is 0 Å². The summed E-state index contributed by atoms with van der Waals surface area (Å²) in [6.07, 6.45) is 1.89. The van der Waals surface area contributed by atoms with Gasteiger partial charge in [-0.3, -0.25) is 28.8 Å². The van der Waals surface area contributed by atoms with Gasteiger partial charge in [-0.1, -0.05) is 164 Å². The third kappa shape index (κ3) is 11.0. The molecule has 4 unspecified atom stereocenters.